The van der Waals surface area contributed by atoms with E-state index in [0.717, 1.165) is 33.7 Å². The third-order valence-corrected chi connectivity index (χ3v) is 5.38. The molecule has 33 heavy (non-hydrogen) atoms. The van der Waals surface area contributed by atoms with Crippen LogP contribution >= 0.6 is 12.4 Å². The van der Waals surface area contributed by atoms with Crippen LogP contribution in [0.2, 0.25) is 0 Å². The number of aromatic nitrogens is 1. The highest BCUT2D eigenvalue weighted by atomic mass is 35.5. The van der Waals surface area contributed by atoms with E-state index in [0.29, 0.717) is 22.9 Å². The van der Waals surface area contributed by atoms with E-state index >= 15 is 0 Å². The minimum Gasteiger partial charge on any atom is -0.494 e. The van der Waals surface area contributed by atoms with Crippen molar-refractivity contribution in [3.63, 3.8) is 0 Å². The summed E-state index contributed by atoms with van der Waals surface area (Å²) in [5, 5.41) is 14.3. The van der Waals surface area contributed by atoms with Crippen LogP contribution in [-0.2, 0) is 10.0 Å². The predicted octanol–water partition coefficient (Wildman–Crippen LogP) is 4.30. The second-order valence-electron chi connectivity index (χ2n) is 7.17. The van der Waals surface area contributed by atoms with Gasteiger partial charge < -0.3 is 19.9 Å². The lowest BCUT2D eigenvalue weighted by Gasteiger charge is -2.17. The predicted molar refractivity (Wildman–Crippen MR) is 134 cm³/mol. The van der Waals surface area contributed by atoms with Crippen molar-refractivity contribution in [1.29, 1.82) is 0 Å². The summed E-state index contributed by atoms with van der Waals surface area (Å²) in [7, 11) is -1.88. The highest BCUT2D eigenvalue weighted by Crippen LogP contribution is 2.38. The first-order chi connectivity index (χ1) is 15.4. The number of aliphatic hydroxyl groups excluding tert-OH is 1. The molecule has 8 nitrogen and oxygen atoms in total. The summed E-state index contributed by atoms with van der Waals surface area (Å²) in [6.07, 6.45) is 1.10. The van der Waals surface area contributed by atoms with Gasteiger partial charge in [0.05, 0.1) is 48.1 Å². The van der Waals surface area contributed by atoms with Gasteiger partial charge in [-0.3, -0.25) is 4.72 Å². The van der Waals surface area contributed by atoms with Crippen LogP contribution in [-0.4, -0.2) is 45.1 Å². The molecule has 0 aliphatic rings. The molecule has 0 unspecified atom stereocenters. The zero-order valence-corrected chi connectivity index (χ0v) is 19.7. The Balaban J connectivity index is 0.00000306. The molecule has 0 aliphatic heterocycles. The SMILES string of the molecule is COc1cc(NS(C)(=O)=O)ccc1Nc1c2ccccc2nc2cc(OCCO)ccc12.Cl. The quantitative estimate of drug-likeness (QED) is 0.316. The van der Waals surface area contributed by atoms with E-state index in [4.69, 9.17) is 19.6 Å². The van der Waals surface area contributed by atoms with E-state index in [1.54, 1.807) is 18.2 Å². The van der Waals surface area contributed by atoms with Crippen molar-refractivity contribution in [1.82, 2.24) is 4.98 Å². The van der Waals surface area contributed by atoms with E-state index in [1.165, 1.54) is 7.11 Å². The number of halogens is 1. The zero-order valence-electron chi connectivity index (χ0n) is 18.0. The maximum atomic E-state index is 11.6. The van der Waals surface area contributed by atoms with Crippen molar-refractivity contribution < 1.29 is 23.0 Å². The van der Waals surface area contributed by atoms with Gasteiger partial charge in [-0.2, -0.15) is 0 Å². The first-order valence-corrected chi connectivity index (χ1v) is 11.8. The molecule has 4 rings (SSSR count). The number of fused-ring (bicyclic) bond motifs is 2. The highest BCUT2D eigenvalue weighted by molar-refractivity contribution is 7.92. The first-order valence-electron chi connectivity index (χ1n) is 9.87. The maximum Gasteiger partial charge on any atom is 0.229 e. The average Bonchev–Trinajstić information content (AvgIpc) is 2.77. The van der Waals surface area contributed by atoms with Gasteiger partial charge >= 0.3 is 0 Å². The molecular weight excluding hydrogens is 466 g/mol. The fraction of sp³-hybridized carbons (Fsp3) is 0.174. The molecule has 1 aromatic heterocycles. The number of aliphatic hydroxyl groups is 1. The molecule has 0 saturated carbocycles. The number of nitrogens with one attached hydrogen (secondary N) is 2. The summed E-state index contributed by atoms with van der Waals surface area (Å²) in [6, 6.07) is 18.4. The number of sulfonamides is 1. The number of ether oxygens (including phenoxy) is 2. The minimum absolute atomic E-state index is 0. The van der Waals surface area contributed by atoms with Crippen LogP contribution in [0.5, 0.6) is 11.5 Å². The van der Waals surface area contributed by atoms with Gasteiger partial charge in [0.15, 0.2) is 0 Å². The number of hydrogen-bond acceptors (Lipinski definition) is 7. The Labute approximate surface area is 198 Å². The molecule has 174 valence electrons. The number of hydrogen-bond donors (Lipinski definition) is 3. The number of methoxy groups -OCH3 is 1. The number of anilines is 3. The topological polar surface area (TPSA) is 110 Å². The van der Waals surface area contributed by atoms with Crippen LogP contribution in [0.25, 0.3) is 21.8 Å². The summed E-state index contributed by atoms with van der Waals surface area (Å²) >= 11 is 0. The van der Waals surface area contributed by atoms with Gasteiger partial charge in [0.1, 0.15) is 18.1 Å². The van der Waals surface area contributed by atoms with E-state index in [9.17, 15) is 8.42 Å². The van der Waals surface area contributed by atoms with Crippen LogP contribution in [0.4, 0.5) is 17.1 Å². The minimum atomic E-state index is -3.40. The number of benzene rings is 3. The molecule has 0 saturated heterocycles. The van der Waals surface area contributed by atoms with E-state index in [2.05, 4.69) is 10.0 Å². The molecule has 3 aromatic carbocycles. The molecule has 0 aliphatic carbocycles. The van der Waals surface area contributed by atoms with Crippen molar-refractivity contribution in [2.75, 3.05) is 36.6 Å². The number of pyridine rings is 1. The van der Waals surface area contributed by atoms with Gasteiger partial charge in [-0.1, -0.05) is 18.2 Å². The zero-order chi connectivity index (χ0) is 22.7. The number of rotatable bonds is 8. The van der Waals surface area contributed by atoms with Crippen LogP contribution in [0.3, 0.4) is 0 Å². The summed E-state index contributed by atoms with van der Waals surface area (Å²) in [4.78, 5) is 4.76. The molecule has 10 heteroatoms. The van der Waals surface area contributed by atoms with Gasteiger partial charge in [-0.25, -0.2) is 13.4 Å². The number of nitrogens with zero attached hydrogens (tertiary/aromatic N) is 1. The Kier molecular flexibility index (Phi) is 7.47. The fourth-order valence-corrected chi connectivity index (χ4v) is 4.02. The fourth-order valence-electron chi connectivity index (χ4n) is 3.47. The molecule has 3 N–H and O–H groups in total. The van der Waals surface area contributed by atoms with E-state index in [1.807, 2.05) is 42.5 Å². The second-order valence-corrected chi connectivity index (χ2v) is 8.92. The van der Waals surface area contributed by atoms with Gasteiger partial charge in [0.2, 0.25) is 10.0 Å². The molecule has 1 heterocycles. The Bertz CT molecular complexity index is 1400. The Morgan fingerprint density at radius 2 is 1.76 bits per heavy atom. The lowest BCUT2D eigenvalue weighted by Crippen LogP contribution is -2.09. The van der Waals surface area contributed by atoms with Crippen LogP contribution in [0.15, 0.2) is 60.7 Å². The van der Waals surface area contributed by atoms with Gasteiger partial charge in [-0.15, -0.1) is 12.4 Å². The maximum absolute atomic E-state index is 11.6. The molecule has 0 fully saturated rings. The van der Waals surface area contributed by atoms with Crippen molar-refractivity contribution in [2.24, 2.45) is 0 Å². The molecule has 0 spiro atoms. The number of para-hydroxylation sites is 1. The lowest BCUT2D eigenvalue weighted by atomic mass is 10.1. The Hall–Kier alpha value is -3.27. The van der Waals surface area contributed by atoms with Crippen LogP contribution in [0.1, 0.15) is 0 Å². The van der Waals surface area contributed by atoms with E-state index < -0.39 is 10.0 Å². The normalized spacial score (nSPS) is 11.1. The monoisotopic (exact) mass is 489 g/mol. The molecule has 0 atom stereocenters. The van der Waals surface area contributed by atoms with Gasteiger partial charge in [0.25, 0.3) is 0 Å². The van der Waals surface area contributed by atoms with Crippen molar-refractivity contribution in [3.05, 3.63) is 60.7 Å². The Morgan fingerprint density at radius 1 is 1.00 bits per heavy atom. The molecule has 0 radical (unpaired) electrons. The molecule has 0 bridgehead atoms. The summed E-state index contributed by atoms with van der Waals surface area (Å²) in [6.45, 7) is 0.134. The van der Waals surface area contributed by atoms with E-state index in [-0.39, 0.29) is 25.6 Å². The first kappa shape index (κ1) is 24.4. The van der Waals surface area contributed by atoms with Gasteiger partial charge in [0, 0.05) is 22.9 Å². The third kappa shape index (κ3) is 5.57. The third-order valence-electron chi connectivity index (χ3n) is 4.78. The van der Waals surface area contributed by atoms with Gasteiger partial charge in [-0.05, 0) is 30.3 Å². The highest BCUT2D eigenvalue weighted by Gasteiger charge is 2.14. The standard InChI is InChI=1S/C23H23N3O5S.ClH/c1-30-22-13-15(26-32(2,28)29)7-10-20(22)25-23-17-5-3-4-6-19(17)24-21-14-16(31-12-11-27)8-9-18(21)23;/h3-10,13-14,26-27H,11-12H2,1-2H3,(H,24,25);1H. The summed E-state index contributed by atoms with van der Waals surface area (Å²) < 4.78 is 36.6. The smallest absolute Gasteiger partial charge is 0.229 e. The average molecular weight is 490 g/mol. The molecular formula is C23H24ClN3O5S. The summed E-state index contributed by atoms with van der Waals surface area (Å²) in [5.74, 6) is 1.10. The van der Waals surface area contributed by atoms with Crippen molar-refractivity contribution in [3.8, 4) is 11.5 Å². The second kappa shape index (κ2) is 10.1. The lowest BCUT2D eigenvalue weighted by molar-refractivity contribution is 0.201. The molecule has 0 amide bonds. The Morgan fingerprint density at radius 3 is 2.48 bits per heavy atom. The largest absolute Gasteiger partial charge is 0.494 e. The van der Waals surface area contributed by atoms with Crippen LogP contribution < -0.4 is 19.5 Å². The van der Waals surface area contributed by atoms with Crippen molar-refractivity contribution in [2.45, 2.75) is 0 Å². The summed E-state index contributed by atoms with van der Waals surface area (Å²) in [5.41, 5.74) is 3.45. The molecule has 4 aromatic rings. The van der Waals surface area contributed by atoms with Crippen molar-refractivity contribution >= 4 is 61.3 Å². The van der Waals surface area contributed by atoms with Crippen LogP contribution in [0, 0.1) is 0 Å².